The van der Waals surface area contributed by atoms with Gasteiger partial charge in [0.25, 0.3) is 0 Å². The molecular formula is C27H41ClN4O2. The molecule has 0 aliphatic rings. The molecule has 2 rings (SSSR count). The molecule has 0 saturated heterocycles. The Morgan fingerprint density at radius 2 is 1.79 bits per heavy atom. The van der Waals surface area contributed by atoms with Crippen LogP contribution in [0, 0.1) is 5.92 Å². The van der Waals surface area contributed by atoms with Crippen molar-refractivity contribution in [3.8, 4) is 5.69 Å². The van der Waals surface area contributed by atoms with Gasteiger partial charge in [0.1, 0.15) is 5.82 Å². The zero-order valence-electron chi connectivity index (χ0n) is 21.7. The zero-order valence-corrected chi connectivity index (χ0v) is 22.4. The largest absolute Gasteiger partial charge is 0.333 e. The van der Waals surface area contributed by atoms with E-state index in [0.29, 0.717) is 23.1 Å². The van der Waals surface area contributed by atoms with Gasteiger partial charge in [-0.25, -0.2) is 4.68 Å². The van der Waals surface area contributed by atoms with Crippen molar-refractivity contribution in [3.05, 3.63) is 41.0 Å². The summed E-state index contributed by atoms with van der Waals surface area (Å²) >= 11 is 6.44. The van der Waals surface area contributed by atoms with E-state index < -0.39 is 0 Å². The summed E-state index contributed by atoms with van der Waals surface area (Å²) in [7, 11) is 0. The monoisotopic (exact) mass is 488 g/mol. The maximum absolute atomic E-state index is 13.3. The molecular weight excluding hydrogens is 448 g/mol. The standard InChI is InChI=1S/C27H41ClN4O2/c1-7-10-14-20(9-3)26(34)31(17-11-8-2)19-25(33)29-24-18-23(27(4,5)6)30-32(24)22-16-13-12-15-21(22)28/h12-13,15-16,18,20H,7-11,14,17,19H2,1-6H3,(H,29,33). The van der Waals surface area contributed by atoms with Crippen LogP contribution in [-0.4, -0.2) is 39.6 Å². The van der Waals surface area contributed by atoms with E-state index in [4.69, 9.17) is 16.7 Å². The maximum Gasteiger partial charge on any atom is 0.245 e. The van der Waals surface area contributed by atoms with Crippen LogP contribution in [0.1, 0.15) is 85.8 Å². The second-order valence-electron chi connectivity index (χ2n) is 9.94. The fourth-order valence-electron chi connectivity index (χ4n) is 3.83. The molecule has 0 saturated carbocycles. The quantitative estimate of drug-likeness (QED) is 0.365. The summed E-state index contributed by atoms with van der Waals surface area (Å²) in [5.41, 5.74) is 1.33. The molecule has 6 nitrogen and oxygen atoms in total. The van der Waals surface area contributed by atoms with Crippen molar-refractivity contribution in [1.82, 2.24) is 14.7 Å². The Kier molecular flexibility index (Phi) is 10.6. The van der Waals surface area contributed by atoms with E-state index in [2.05, 4.69) is 39.9 Å². The number of benzene rings is 1. The number of para-hydroxylation sites is 1. The summed E-state index contributed by atoms with van der Waals surface area (Å²) in [4.78, 5) is 28.1. The minimum absolute atomic E-state index is 0.0278. The maximum atomic E-state index is 13.3. The molecule has 0 radical (unpaired) electrons. The van der Waals surface area contributed by atoms with Crippen molar-refractivity contribution in [2.24, 2.45) is 5.92 Å². The number of hydrogen-bond donors (Lipinski definition) is 1. The predicted molar refractivity (Wildman–Crippen MR) is 141 cm³/mol. The van der Waals surface area contributed by atoms with E-state index in [1.165, 1.54) is 0 Å². The lowest BCUT2D eigenvalue weighted by Gasteiger charge is -2.26. The Labute approximate surface area is 210 Å². The highest BCUT2D eigenvalue weighted by Gasteiger charge is 2.26. The topological polar surface area (TPSA) is 67.2 Å². The van der Waals surface area contributed by atoms with Gasteiger partial charge in [-0.2, -0.15) is 5.10 Å². The summed E-state index contributed by atoms with van der Waals surface area (Å²) in [6.07, 6.45) is 5.56. The van der Waals surface area contributed by atoms with Crippen LogP contribution in [0.25, 0.3) is 5.69 Å². The number of amides is 2. The third-order valence-corrected chi connectivity index (χ3v) is 6.32. The van der Waals surface area contributed by atoms with Crippen molar-refractivity contribution in [2.75, 3.05) is 18.4 Å². The van der Waals surface area contributed by atoms with Gasteiger partial charge >= 0.3 is 0 Å². The highest BCUT2D eigenvalue weighted by Crippen LogP contribution is 2.29. The number of unbranched alkanes of at least 4 members (excludes halogenated alkanes) is 2. The first-order chi connectivity index (χ1) is 16.1. The second-order valence-corrected chi connectivity index (χ2v) is 10.3. The molecule has 7 heteroatoms. The highest BCUT2D eigenvalue weighted by atomic mass is 35.5. The van der Waals surface area contributed by atoms with E-state index in [9.17, 15) is 9.59 Å². The minimum Gasteiger partial charge on any atom is -0.333 e. The van der Waals surface area contributed by atoms with Crippen LogP contribution in [0.4, 0.5) is 5.82 Å². The molecule has 0 fully saturated rings. The average Bonchev–Trinajstić information content (AvgIpc) is 3.21. The van der Waals surface area contributed by atoms with Crippen molar-refractivity contribution >= 4 is 29.2 Å². The van der Waals surface area contributed by atoms with Crippen molar-refractivity contribution in [3.63, 3.8) is 0 Å². The van der Waals surface area contributed by atoms with Gasteiger partial charge in [-0.3, -0.25) is 9.59 Å². The van der Waals surface area contributed by atoms with Crippen LogP contribution in [-0.2, 0) is 15.0 Å². The Morgan fingerprint density at radius 1 is 1.12 bits per heavy atom. The Morgan fingerprint density at radius 3 is 2.38 bits per heavy atom. The van der Waals surface area contributed by atoms with E-state index >= 15 is 0 Å². The molecule has 0 aliphatic heterocycles. The van der Waals surface area contributed by atoms with Crippen molar-refractivity contribution in [1.29, 1.82) is 0 Å². The number of halogens is 1. The number of anilines is 1. The number of aromatic nitrogens is 2. The van der Waals surface area contributed by atoms with E-state index in [-0.39, 0.29) is 29.7 Å². The van der Waals surface area contributed by atoms with Crippen LogP contribution in [0.2, 0.25) is 5.02 Å². The lowest BCUT2D eigenvalue weighted by molar-refractivity contribution is -0.138. The second kappa shape index (κ2) is 12.9. The first-order valence-corrected chi connectivity index (χ1v) is 12.9. The molecule has 1 aromatic carbocycles. The summed E-state index contributed by atoms with van der Waals surface area (Å²) in [5, 5.41) is 8.29. The minimum atomic E-state index is -0.233. The van der Waals surface area contributed by atoms with Crippen LogP contribution >= 0.6 is 11.6 Å². The van der Waals surface area contributed by atoms with E-state index in [1.54, 1.807) is 15.6 Å². The van der Waals surface area contributed by atoms with Crippen LogP contribution in [0.5, 0.6) is 0 Å². The van der Waals surface area contributed by atoms with E-state index in [0.717, 1.165) is 44.2 Å². The number of hydrogen-bond acceptors (Lipinski definition) is 3. The van der Waals surface area contributed by atoms with Gasteiger partial charge in [-0.15, -0.1) is 0 Å². The molecule has 1 N–H and O–H groups in total. The Bertz CT molecular complexity index is 948. The van der Waals surface area contributed by atoms with E-state index in [1.807, 2.05) is 31.2 Å². The summed E-state index contributed by atoms with van der Waals surface area (Å²) in [6, 6.07) is 9.30. The highest BCUT2D eigenvalue weighted by molar-refractivity contribution is 6.32. The Hall–Kier alpha value is -2.34. The molecule has 0 aliphatic carbocycles. The first kappa shape index (κ1) is 27.9. The lowest BCUT2D eigenvalue weighted by Crippen LogP contribution is -2.42. The van der Waals surface area contributed by atoms with Gasteiger partial charge in [-0.05, 0) is 31.4 Å². The predicted octanol–water partition coefficient (Wildman–Crippen LogP) is 6.61. The molecule has 1 aromatic heterocycles. The third kappa shape index (κ3) is 7.59. The van der Waals surface area contributed by atoms with Gasteiger partial charge in [0.15, 0.2) is 0 Å². The van der Waals surface area contributed by atoms with Crippen LogP contribution in [0.3, 0.4) is 0 Å². The summed E-state index contributed by atoms with van der Waals surface area (Å²) < 4.78 is 1.68. The summed E-state index contributed by atoms with van der Waals surface area (Å²) in [5.74, 6) is 0.354. The number of carbonyl (C=O) groups excluding carboxylic acids is 2. The van der Waals surface area contributed by atoms with Crippen molar-refractivity contribution < 1.29 is 9.59 Å². The molecule has 2 amide bonds. The first-order valence-electron chi connectivity index (χ1n) is 12.6. The Balaban J connectivity index is 2.29. The van der Waals surface area contributed by atoms with Crippen LogP contribution in [0.15, 0.2) is 30.3 Å². The van der Waals surface area contributed by atoms with Gasteiger partial charge in [-0.1, -0.05) is 84.5 Å². The van der Waals surface area contributed by atoms with Crippen LogP contribution < -0.4 is 5.32 Å². The molecule has 34 heavy (non-hydrogen) atoms. The molecule has 188 valence electrons. The molecule has 0 spiro atoms. The average molecular weight is 489 g/mol. The number of carbonyl (C=O) groups is 2. The smallest absolute Gasteiger partial charge is 0.245 e. The normalized spacial score (nSPS) is 12.4. The summed E-state index contributed by atoms with van der Waals surface area (Å²) in [6.45, 7) is 13.1. The molecule has 0 bridgehead atoms. The lowest BCUT2D eigenvalue weighted by atomic mass is 9.92. The zero-order chi connectivity index (χ0) is 25.3. The molecule has 2 aromatic rings. The number of nitrogens with zero attached hydrogens (tertiary/aromatic N) is 3. The SMILES string of the molecule is CCCCC(CC)C(=O)N(CCCC)CC(=O)Nc1cc(C(C)(C)C)nn1-c1ccccc1Cl. The number of rotatable bonds is 12. The fraction of sp³-hybridized carbons (Fsp3) is 0.593. The molecule has 1 atom stereocenters. The molecule has 1 heterocycles. The van der Waals surface area contributed by atoms with Gasteiger partial charge in [0.2, 0.25) is 11.8 Å². The number of nitrogens with one attached hydrogen (secondary N) is 1. The van der Waals surface area contributed by atoms with Gasteiger partial charge in [0, 0.05) is 23.9 Å². The van der Waals surface area contributed by atoms with Gasteiger partial charge < -0.3 is 10.2 Å². The third-order valence-electron chi connectivity index (χ3n) is 6.00. The molecule has 1 unspecified atom stereocenters. The fourth-order valence-corrected chi connectivity index (χ4v) is 4.04. The van der Waals surface area contributed by atoms with Crippen molar-refractivity contribution in [2.45, 2.75) is 85.5 Å². The van der Waals surface area contributed by atoms with Gasteiger partial charge in [0.05, 0.1) is 22.9 Å².